The lowest BCUT2D eigenvalue weighted by Crippen LogP contribution is -2.32. The fraction of sp³-hybridized carbons (Fsp3) is 0.375. The molecule has 9 heteroatoms. The Kier molecular flexibility index (Phi) is 4.62. The van der Waals surface area contributed by atoms with Crippen LogP contribution in [-0.2, 0) is 14.6 Å². The van der Waals surface area contributed by atoms with E-state index in [0.717, 1.165) is 6.26 Å². The van der Waals surface area contributed by atoms with Crippen molar-refractivity contribution in [2.75, 3.05) is 11.6 Å². The second-order valence-corrected chi connectivity index (χ2v) is 7.22. The number of nitrogens with one attached hydrogen (secondary N) is 1. The largest absolute Gasteiger partial charge is 0.307 e. The summed E-state index contributed by atoms with van der Waals surface area (Å²) in [4.78, 5) is 19.5. The molecule has 0 saturated heterocycles. The van der Waals surface area contributed by atoms with Gasteiger partial charge in [0.05, 0.1) is 6.20 Å². The number of aromatic nitrogens is 2. The molecular formula is C8H9Br2N3O3S. The number of amides is 1. The van der Waals surface area contributed by atoms with Crippen LogP contribution in [-0.4, -0.2) is 35.8 Å². The topological polar surface area (TPSA) is 89.0 Å². The predicted molar refractivity (Wildman–Crippen MR) is 70.4 cm³/mol. The van der Waals surface area contributed by atoms with E-state index in [2.05, 4.69) is 47.1 Å². The summed E-state index contributed by atoms with van der Waals surface area (Å²) in [5, 5.41) is 1.25. The molecule has 1 amide bonds. The van der Waals surface area contributed by atoms with E-state index in [-0.39, 0.29) is 5.82 Å². The number of anilines is 1. The molecule has 0 radical (unpaired) electrons. The lowest BCUT2D eigenvalue weighted by Gasteiger charge is -2.10. The van der Waals surface area contributed by atoms with Crippen molar-refractivity contribution in [3.63, 3.8) is 0 Å². The first-order chi connectivity index (χ1) is 7.71. The van der Waals surface area contributed by atoms with Gasteiger partial charge in [0.15, 0.2) is 15.7 Å². The van der Waals surface area contributed by atoms with E-state index >= 15 is 0 Å². The fourth-order valence-electron chi connectivity index (χ4n) is 0.843. The molecule has 1 N–H and O–H groups in total. The van der Waals surface area contributed by atoms with Gasteiger partial charge >= 0.3 is 0 Å². The van der Waals surface area contributed by atoms with E-state index in [0.29, 0.717) is 9.21 Å². The Morgan fingerprint density at radius 2 is 2.06 bits per heavy atom. The van der Waals surface area contributed by atoms with Gasteiger partial charge < -0.3 is 5.32 Å². The molecule has 1 aromatic heterocycles. The van der Waals surface area contributed by atoms with Crippen molar-refractivity contribution in [1.29, 1.82) is 0 Å². The number of hydrogen-bond acceptors (Lipinski definition) is 5. The lowest BCUT2D eigenvalue weighted by atomic mass is 10.4. The molecule has 0 aliphatic heterocycles. The van der Waals surface area contributed by atoms with E-state index in [1.807, 2.05) is 0 Å². The molecule has 0 bridgehead atoms. The molecule has 0 fully saturated rings. The Balaban J connectivity index is 2.89. The van der Waals surface area contributed by atoms with Gasteiger partial charge in [0.1, 0.15) is 14.5 Å². The van der Waals surface area contributed by atoms with Gasteiger partial charge in [0.25, 0.3) is 0 Å². The third-order valence-electron chi connectivity index (χ3n) is 1.95. The Labute approximate surface area is 115 Å². The Morgan fingerprint density at radius 1 is 1.47 bits per heavy atom. The van der Waals surface area contributed by atoms with Crippen LogP contribution in [0.1, 0.15) is 6.92 Å². The number of halogens is 2. The lowest BCUT2D eigenvalue weighted by molar-refractivity contribution is -0.115. The minimum Gasteiger partial charge on any atom is -0.307 e. The summed E-state index contributed by atoms with van der Waals surface area (Å²) in [5.74, 6) is -0.474. The van der Waals surface area contributed by atoms with Gasteiger partial charge in [-0.2, -0.15) is 0 Å². The van der Waals surface area contributed by atoms with E-state index < -0.39 is 21.0 Å². The molecule has 6 nitrogen and oxygen atoms in total. The summed E-state index contributed by atoms with van der Waals surface area (Å²) in [6, 6.07) is 0. The molecule has 0 aromatic carbocycles. The normalized spacial score (nSPS) is 13.2. The summed E-state index contributed by atoms with van der Waals surface area (Å²) in [6.45, 7) is 1.31. The predicted octanol–water partition coefficient (Wildman–Crippen LogP) is 1.37. The van der Waals surface area contributed by atoms with Gasteiger partial charge in [0, 0.05) is 6.26 Å². The van der Waals surface area contributed by atoms with Crippen LogP contribution in [0, 0.1) is 0 Å². The summed E-state index contributed by atoms with van der Waals surface area (Å²) in [6.07, 6.45) is 2.39. The first kappa shape index (κ1) is 14.5. The SMILES string of the molecule is CC(C(=O)Nc1ncc(Br)nc1Br)S(C)(=O)=O. The molecule has 0 saturated carbocycles. The van der Waals surface area contributed by atoms with E-state index in [1.165, 1.54) is 13.1 Å². The monoisotopic (exact) mass is 385 g/mol. The van der Waals surface area contributed by atoms with Crippen LogP contribution >= 0.6 is 31.9 Å². The number of rotatable bonds is 3. The van der Waals surface area contributed by atoms with Crippen molar-refractivity contribution in [3.8, 4) is 0 Å². The van der Waals surface area contributed by atoms with Crippen molar-refractivity contribution in [3.05, 3.63) is 15.4 Å². The minimum atomic E-state index is -3.43. The standard InChI is InChI=1S/C8H9Br2N3O3S/c1-4(17(2,15)16)8(14)13-7-6(10)12-5(9)3-11-7/h3-4H,1-2H3,(H,11,13,14). The maximum absolute atomic E-state index is 11.6. The van der Waals surface area contributed by atoms with Crippen LogP contribution in [0.4, 0.5) is 5.82 Å². The molecule has 0 spiro atoms. The fourth-order valence-corrected chi connectivity index (χ4v) is 2.20. The van der Waals surface area contributed by atoms with Gasteiger partial charge in [-0.3, -0.25) is 4.79 Å². The molecule has 1 aromatic rings. The van der Waals surface area contributed by atoms with Gasteiger partial charge in [0.2, 0.25) is 5.91 Å². The van der Waals surface area contributed by atoms with Gasteiger partial charge in [-0.1, -0.05) is 0 Å². The van der Waals surface area contributed by atoms with Crippen molar-refractivity contribution in [2.45, 2.75) is 12.2 Å². The van der Waals surface area contributed by atoms with E-state index in [4.69, 9.17) is 0 Å². The Bertz CT molecular complexity index is 547. The summed E-state index contributed by atoms with van der Waals surface area (Å²) < 4.78 is 23.2. The molecule has 1 unspecified atom stereocenters. The zero-order valence-electron chi connectivity index (χ0n) is 8.94. The first-order valence-corrected chi connectivity index (χ1v) is 7.93. The molecule has 0 aliphatic carbocycles. The van der Waals surface area contributed by atoms with E-state index in [1.54, 1.807) is 0 Å². The second-order valence-electron chi connectivity index (χ2n) is 3.29. The summed E-state index contributed by atoms with van der Waals surface area (Å²) in [5.41, 5.74) is 0. The second kappa shape index (κ2) is 5.40. The highest BCUT2D eigenvalue weighted by atomic mass is 79.9. The number of hydrogen-bond donors (Lipinski definition) is 1. The number of carbonyl (C=O) groups excluding carboxylic acids is 1. The third kappa shape index (κ3) is 4.00. The number of sulfone groups is 1. The van der Waals surface area contributed by atoms with Crippen LogP contribution in [0.2, 0.25) is 0 Å². The quantitative estimate of drug-likeness (QED) is 0.847. The van der Waals surface area contributed by atoms with Gasteiger partial charge in [-0.25, -0.2) is 18.4 Å². The maximum Gasteiger partial charge on any atom is 0.243 e. The average molecular weight is 387 g/mol. The zero-order valence-corrected chi connectivity index (χ0v) is 12.9. The van der Waals surface area contributed by atoms with Crippen molar-refractivity contribution < 1.29 is 13.2 Å². The maximum atomic E-state index is 11.6. The molecule has 17 heavy (non-hydrogen) atoms. The molecule has 0 aliphatic rings. The average Bonchev–Trinajstić information content (AvgIpc) is 2.19. The third-order valence-corrected chi connectivity index (χ3v) is 4.39. The molecule has 94 valence electrons. The van der Waals surface area contributed by atoms with Gasteiger partial charge in [-0.15, -0.1) is 0 Å². The van der Waals surface area contributed by atoms with Crippen LogP contribution in [0.5, 0.6) is 0 Å². The van der Waals surface area contributed by atoms with Crippen LogP contribution < -0.4 is 5.32 Å². The van der Waals surface area contributed by atoms with Crippen LogP contribution in [0.3, 0.4) is 0 Å². The van der Waals surface area contributed by atoms with Crippen LogP contribution in [0.15, 0.2) is 15.4 Å². The van der Waals surface area contributed by atoms with E-state index in [9.17, 15) is 13.2 Å². The van der Waals surface area contributed by atoms with Gasteiger partial charge in [-0.05, 0) is 38.8 Å². The highest BCUT2D eigenvalue weighted by molar-refractivity contribution is 9.11. The van der Waals surface area contributed by atoms with Crippen molar-refractivity contribution in [2.24, 2.45) is 0 Å². The smallest absolute Gasteiger partial charge is 0.243 e. The molecule has 1 heterocycles. The number of carbonyl (C=O) groups is 1. The molecular weight excluding hydrogens is 378 g/mol. The zero-order chi connectivity index (χ0) is 13.2. The minimum absolute atomic E-state index is 0.175. The highest BCUT2D eigenvalue weighted by Crippen LogP contribution is 2.19. The highest BCUT2D eigenvalue weighted by Gasteiger charge is 2.24. The Hall–Kier alpha value is -0.540. The summed E-state index contributed by atoms with van der Waals surface area (Å²) >= 11 is 6.22. The van der Waals surface area contributed by atoms with Crippen LogP contribution in [0.25, 0.3) is 0 Å². The molecule has 1 rings (SSSR count). The van der Waals surface area contributed by atoms with Crippen molar-refractivity contribution >= 4 is 53.4 Å². The number of nitrogens with zero attached hydrogens (tertiary/aromatic N) is 2. The Morgan fingerprint density at radius 3 is 2.53 bits per heavy atom. The van der Waals surface area contributed by atoms with Crippen molar-refractivity contribution in [1.82, 2.24) is 9.97 Å². The molecule has 1 atom stereocenters. The first-order valence-electron chi connectivity index (χ1n) is 4.39. The summed E-state index contributed by atoms with van der Waals surface area (Å²) in [7, 11) is -3.43.